The van der Waals surface area contributed by atoms with Gasteiger partial charge in [-0.2, -0.15) is 0 Å². The maximum Gasteiger partial charge on any atom is 0.224 e. The molecule has 1 aromatic rings. The van der Waals surface area contributed by atoms with Crippen molar-refractivity contribution in [1.29, 1.82) is 0 Å². The van der Waals surface area contributed by atoms with Gasteiger partial charge in [0.15, 0.2) is 0 Å². The third kappa shape index (κ3) is 4.26. The molecule has 0 aliphatic carbocycles. The van der Waals surface area contributed by atoms with Crippen molar-refractivity contribution < 1.29 is 13.6 Å². The molecule has 16 heavy (non-hydrogen) atoms. The number of hydrogen-bond acceptors (Lipinski definition) is 1. The van der Waals surface area contributed by atoms with Gasteiger partial charge in [-0.3, -0.25) is 4.79 Å². The highest BCUT2D eigenvalue weighted by Crippen LogP contribution is 2.10. The minimum atomic E-state index is -0.693. The van der Waals surface area contributed by atoms with E-state index >= 15 is 0 Å². The standard InChI is InChI=1S/C11H12BrF2NO/c1-7(12)6-15-11(16)4-8-2-3-9(13)5-10(8)14/h2-3,5,7H,4,6H2,1H3,(H,15,16). The van der Waals surface area contributed by atoms with Crippen molar-refractivity contribution in [3.63, 3.8) is 0 Å². The molecule has 0 fully saturated rings. The van der Waals surface area contributed by atoms with Crippen molar-refractivity contribution in [2.75, 3.05) is 6.54 Å². The van der Waals surface area contributed by atoms with Crippen LogP contribution in [0.2, 0.25) is 0 Å². The van der Waals surface area contributed by atoms with Crippen molar-refractivity contribution in [3.8, 4) is 0 Å². The van der Waals surface area contributed by atoms with Gasteiger partial charge in [0.05, 0.1) is 6.42 Å². The summed E-state index contributed by atoms with van der Waals surface area (Å²) in [5, 5.41) is 2.63. The molecule has 0 saturated carbocycles. The monoisotopic (exact) mass is 291 g/mol. The number of amides is 1. The summed E-state index contributed by atoms with van der Waals surface area (Å²) in [6.45, 7) is 2.36. The lowest BCUT2D eigenvalue weighted by atomic mass is 10.1. The van der Waals surface area contributed by atoms with E-state index in [1.54, 1.807) is 0 Å². The van der Waals surface area contributed by atoms with E-state index in [1.165, 1.54) is 6.07 Å². The summed E-state index contributed by atoms with van der Waals surface area (Å²) in [4.78, 5) is 11.5. The Morgan fingerprint density at radius 1 is 1.50 bits per heavy atom. The second kappa shape index (κ2) is 5.94. The average Bonchev–Trinajstić information content (AvgIpc) is 2.19. The molecule has 0 radical (unpaired) electrons. The van der Waals surface area contributed by atoms with E-state index in [0.29, 0.717) is 6.54 Å². The van der Waals surface area contributed by atoms with Crippen LogP contribution in [-0.4, -0.2) is 17.3 Å². The second-order valence-electron chi connectivity index (χ2n) is 3.50. The molecule has 0 heterocycles. The fourth-order valence-corrected chi connectivity index (χ4v) is 1.32. The predicted molar refractivity (Wildman–Crippen MR) is 61.5 cm³/mol. The number of nitrogens with one attached hydrogen (secondary N) is 1. The van der Waals surface area contributed by atoms with Crippen molar-refractivity contribution >= 4 is 21.8 Å². The third-order valence-electron chi connectivity index (χ3n) is 1.95. The number of alkyl halides is 1. The zero-order valence-corrected chi connectivity index (χ0v) is 10.4. The van der Waals surface area contributed by atoms with Crippen molar-refractivity contribution in [2.24, 2.45) is 0 Å². The number of halogens is 3. The van der Waals surface area contributed by atoms with Crippen LogP contribution in [0.15, 0.2) is 18.2 Å². The van der Waals surface area contributed by atoms with Crippen LogP contribution in [0.4, 0.5) is 8.78 Å². The summed E-state index contributed by atoms with van der Waals surface area (Å²) in [5.74, 6) is -1.62. The summed E-state index contributed by atoms with van der Waals surface area (Å²) in [6, 6.07) is 3.19. The smallest absolute Gasteiger partial charge is 0.224 e. The molecule has 0 bridgehead atoms. The van der Waals surface area contributed by atoms with Crippen molar-refractivity contribution in [2.45, 2.75) is 18.2 Å². The summed E-state index contributed by atoms with van der Waals surface area (Å²) < 4.78 is 25.8. The highest BCUT2D eigenvalue weighted by Gasteiger charge is 2.09. The van der Waals surface area contributed by atoms with Crippen LogP contribution < -0.4 is 5.32 Å². The Hall–Kier alpha value is -0.970. The summed E-state index contributed by atoms with van der Waals surface area (Å²) in [7, 11) is 0. The minimum Gasteiger partial charge on any atom is -0.355 e. The van der Waals surface area contributed by atoms with E-state index < -0.39 is 11.6 Å². The lowest BCUT2D eigenvalue weighted by Crippen LogP contribution is -2.29. The van der Waals surface area contributed by atoms with Crippen LogP contribution in [0.5, 0.6) is 0 Å². The maximum absolute atomic E-state index is 13.2. The van der Waals surface area contributed by atoms with Crippen molar-refractivity contribution in [1.82, 2.24) is 5.32 Å². The molecule has 1 aromatic carbocycles. The zero-order valence-electron chi connectivity index (χ0n) is 8.77. The molecular formula is C11H12BrF2NO. The number of rotatable bonds is 4. The van der Waals surface area contributed by atoms with Gasteiger partial charge in [-0.05, 0) is 11.6 Å². The number of carbonyl (C=O) groups excluding carboxylic acids is 1. The van der Waals surface area contributed by atoms with E-state index in [-0.39, 0.29) is 22.7 Å². The number of carbonyl (C=O) groups is 1. The molecule has 0 saturated heterocycles. The lowest BCUT2D eigenvalue weighted by Gasteiger charge is -2.07. The molecule has 0 aromatic heterocycles. The van der Waals surface area contributed by atoms with Gasteiger partial charge < -0.3 is 5.32 Å². The van der Waals surface area contributed by atoms with Crippen molar-refractivity contribution in [3.05, 3.63) is 35.4 Å². The van der Waals surface area contributed by atoms with Crippen LogP contribution in [0, 0.1) is 11.6 Å². The Morgan fingerprint density at radius 2 is 2.19 bits per heavy atom. The van der Waals surface area contributed by atoms with E-state index in [9.17, 15) is 13.6 Å². The Labute approximate surface area is 101 Å². The molecule has 0 aliphatic rings. The molecule has 5 heteroatoms. The molecule has 1 rings (SSSR count). The van der Waals surface area contributed by atoms with E-state index in [2.05, 4.69) is 21.2 Å². The summed E-state index contributed by atoms with van der Waals surface area (Å²) in [6.07, 6.45) is -0.0775. The van der Waals surface area contributed by atoms with Gasteiger partial charge in [-0.25, -0.2) is 8.78 Å². The average molecular weight is 292 g/mol. The molecule has 0 spiro atoms. The fourth-order valence-electron chi connectivity index (χ4n) is 1.15. The molecule has 1 amide bonds. The Kier molecular flexibility index (Phi) is 4.86. The normalized spacial score (nSPS) is 12.2. The van der Waals surface area contributed by atoms with Gasteiger partial charge >= 0.3 is 0 Å². The first kappa shape index (κ1) is 13.1. The largest absolute Gasteiger partial charge is 0.355 e. The summed E-state index contributed by atoms with van der Waals surface area (Å²) >= 11 is 3.27. The lowest BCUT2D eigenvalue weighted by molar-refractivity contribution is -0.120. The van der Waals surface area contributed by atoms with E-state index in [4.69, 9.17) is 0 Å². The van der Waals surface area contributed by atoms with Crippen LogP contribution >= 0.6 is 15.9 Å². The number of benzene rings is 1. The molecule has 1 N–H and O–H groups in total. The van der Waals surface area contributed by atoms with Crippen LogP contribution in [0.1, 0.15) is 12.5 Å². The predicted octanol–water partition coefficient (Wildman–Crippen LogP) is 2.41. The van der Waals surface area contributed by atoms with Crippen LogP contribution in [-0.2, 0) is 11.2 Å². The van der Waals surface area contributed by atoms with E-state index in [0.717, 1.165) is 12.1 Å². The third-order valence-corrected chi connectivity index (χ3v) is 2.27. The second-order valence-corrected chi connectivity index (χ2v) is 5.06. The van der Waals surface area contributed by atoms with Gasteiger partial charge in [-0.1, -0.05) is 28.9 Å². The fraction of sp³-hybridized carbons (Fsp3) is 0.364. The Morgan fingerprint density at radius 3 is 2.75 bits per heavy atom. The zero-order chi connectivity index (χ0) is 12.1. The molecule has 2 nitrogen and oxygen atoms in total. The van der Waals surface area contributed by atoms with Crippen LogP contribution in [0.3, 0.4) is 0 Å². The Bertz CT molecular complexity index is 382. The van der Waals surface area contributed by atoms with Gasteiger partial charge in [-0.15, -0.1) is 0 Å². The highest BCUT2D eigenvalue weighted by molar-refractivity contribution is 9.09. The van der Waals surface area contributed by atoms with Gasteiger partial charge in [0.1, 0.15) is 11.6 Å². The van der Waals surface area contributed by atoms with Gasteiger partial charge in [0, 0.05) is 17.4 Å². The van der Waals surface area contributed by atoms with Gasteiger partial charge in [0.25, 0.3) is 0 Å². The Balaban J connectivity index is 2.56. The quantitative estimate of drug-likeness (QED) is 0.848. The molecule has 0 aliphatic heterocycles. The van der Waals surface area contributed by atoms with Crippen LogP contribution in [0.25, 0.3) is 0 Å². The van der Waals surface area contributed by atoms with E-state index in [1.807, 2.05) is 6.92 Å². The molecule has 1 atom stereocenters. The maximum atomic E-state index is 13.2. The highest BCUT2D eigenvalue weighted by atomic mass is 79.9. The van der Waals surface area contributed by atoms with Gasteiger partial charge in [0.2, 0.25) is 5.91 Å². The summed E-state index contributed by atoms with van der Waals surface area (Å²) in [5.41, 5.74) is 0.195. The first-order valence-corrected chi connectivity index (χ1v) is 5.75. The first-order chi connectivity index (χ1) is 7.49. The topological polar surface area (TPSA) is 29.1 Å². The molecule has 88 valence electrons. The number of hydrogen-bond donors (Lipinski definition) is 1. The first-order valence-electron chi connectivity index (χ1n) is 4.83. The molecule has 1 unspecified atom stereocenters. The molecular weight excluding hydrogens is 280 g/mol. The minimum absolute atomic E-state index is 0.0775. The SMILES string of the molecule is CC(Br)CNC(=O)Cc1ccc(F)cc1F.